The third-order valence-corrected chi connectivity index (χ3v) is 5.81. The van der Waals surface area contributed by atoms with Crippen molar-refractivity contribution in [2.24, 2.45) is 0 Å². The highest BCUT2D eigenvalue weighted by atomic mass is 35.5. The molecule has 0 aliphatic carbocycles. The average Bonchev–Trinajstić information content (AvgIpc) is 2.35. The molecule has 17 heavy (non-hydrogen) atoms. The van der Waals surface area contributed by atoms with E-state index in [1.54, 1.807) is 18.2 Å². The Morgan fingerprint density at radius 3 is 2.06 bits per heavy atom. The van der Waals surface area contributed by atoms with Gasteiger partial charge in [-0.2, -0.15) is 0 Å². The molecule has 2 aromatic carbocycles. The molecule has 2 aromatic rings. The Balaban J connectivity index is 2.25. The second kappa shape index (κ2) is 5.91. The maximum Gasteiger partial charge on any atom is 0.118 e. The van der Waals surface area contributed by atoms with Crippen molar-refractivity contribution in [1.29, 1.82) is 0 Å². The molecule has 0 aliphatic heterocycles. The smallest absolute Gasteiger partial charge is 0.118 e. The van der Waals surface area contributed by atoms with E-state index in [9.17, 15) is 4.21 Å². The minimum Gasteiger partial charge on any atom is -0.242 e. The van der Waals surface area contributed by atoms with Crippen LogP contribution in [0.15, 0.2) is 58.3 Å². The summed E-state index contributed by atoms with van der Waals surface area (Å²) < 4.78 is 12.1. The van der Waals surface area contributed by atoms with Gasteiger partial charge < -0.3 is 0 Å². The predicted molar refractivity (Wildman–Crippen MR) is 75.2 cm³/mol. The van der Waals surface area contributed by atoms with E-state index >= 15 is 0 Å². The molecule has 0 aromatic heterocycles. The topological polar surface area (TPSA) is 17.1 Å². The molecule has 1 unspecified atom stereocenters. The Bertz CT molecular complexity index is 523. The minimum absolute atomic E-state index is 0.520. The lowest BCUT2D eigenvalue weighted by Gasteiger charge is -2.05. The molecule has 88 valence electrons. The number of hydrogen-bond acceptors (Lipinski definition) is 2. The molecule has 0 spiro atoms. The molecule has 0 fully saturated rings. The van der Waals surface area contributed by atoms with E-state index in [4.69, 9.17) is 23.2 Å². The van der Waals surface area contributed by atoms with Gasteiger partial charge in [0.05, 0.1) is 14.9 Å². The summed E-state index contributed by atoms with van der Waals surface area (Å²) >= 11 is 12.0. The lowest BCUT2D eigenvalue weighted by molar-refractivity contribution is 0.691. The molecule has 0 N–H and O–H groups in total. The molecule has 0 saturated carbocycles. The molecule has 0 heterocycles. The Morgan fingerprint density at radius 2 is 1.47 bits per heavy atom. The van der Waals surface area contributed by atoms with Crippen molar-refractivity contribution in [2.75, 3.05) is 0 Å². The van der Waals surface area contributed by atoms with E-state index in [2.05, 4.69) is 0 Å². The molecule has 5 heteroatoms. The zero-order valence-electron chi connectivity index (χ0n) is 8.60. The van der Waals surface area contributed by atoms with Gasteiger partial charge in [0.15, 0.2) is 0 Å². The van der Waals surface area contributed by atoms with Gasteiger partial charge in [-0.15, -0.1) is 0 Å². The Kier molecular flexibility index (Phi) is 4.51. The van der Waals surface area contributed by atoms with Crippen LogP contribution < -0.4 is 0 Å². The summed E-state index contributed by atoms with van der Waals surface area (Å²) in [5.41, 5.74) is 0. The third kappa shape index (κ3) is 3.26. The van der Waals surface area contributed by atoms with E-state index < -0.39 is 9.83 Å². The van der Waals surface area contributed by atoms with Crippen LogP contribution >= 0.6 is 34.0 Å². The van der Waals surface area contributed by atoms with Gasteiger partial charge in [-0.3, -0.25) is 0 Å². The number of hydrogen-bond donors (Lipinski definition) is 0. The fourth-order valence-electron chi connectivity index (χ4n) is 1.22. The van der Waals surface area contributed by atoms with Crippen LogP contribution in [0.25, 0.3) is 0 Å². The first-order chi connectivity index (χ1) is 8.18. The molecule has 2 rings (SSSR count). The highest BCUT2D eigenvalue weighted by Crippen LogP contribution is 2.37. The predicted octanol–water partition coefficient (Wildman–Crippen LogP) is 4.81. The molecule has 0 saturated heterocycles. The molecule has 0 aliphatic rings. The summed E-state index contributed by atoms with van der Waals surface area (Å²) in [7, 11) is -0.0489. The lowest BCUT2D eigenvalue weighted by atomic mass is 10.4. The van der Waals surface area contributed by atoms with Gasteiger partial charge >= 0.3 is 0 Å². The van der Waals surface area contributed by atoms with E-state index in [1.165, 1.54) is 0 Å². The van der Waals surface area contributed by atoms with Crippen LogP contribution in [0, 0.1) is 0 Å². The second-order valence-corrected chi connectivity index (χ2v) is 6.92. The van der Waals surface area contributed by atoms with Crippen molar-refractivity contribution in [2.45, 2.75) is 9.79 Å². The van der Waals surface area contributed by atoms with Crippen molar-refractivity contribution >= 4 is 43.8 Å². The molecule has 0 radical (unpaired) electrons. The van der Waals surface area contributed by atoms with Crippen LogP contribution in [-0.4, -0.2) is 4.21 Å². The summed E-state index contributed by atoms with van der Waals surface area (Å²) in [6, 6.07) is 14.4. The first-order valence-electron chi connectivity index (χ1n) is 4.77. The Hall–Kier alpha value is -0.480. The van der Waals surface area contributed by atoms with Gasteiger partial charge in [-0.25, -0.2) is 4.21 Å². The first-order valence-corrected chi connectivity index (χ1v) is 8.01. The van der Waals surface area contributed by atoms with Gasteiger partial charge in [0, 0.05) is 4.90 Å². The normalized spacial score (nSPS) is 12.4. The Labute approximate surface area is 116 Å². The van der Waals surface area contributed by atoms with Crippen LogP contribution in [0.1, 0.15) is 0 Å². The summed E-state index contributed by atoms with van der Waals surface area (Å²) in [6.45, 7) is 0. The van der Waals surface area contributed by atoms with Crippen molar-refractivity contribution in [3.8, 4) is 0 Å². The second-order valence-electron chi connectivity index (χ2n) is 3.18. The van der Waals surface area contributed by atoms with Crippen LogP contribution in [0.4, 0.5) is 0 Å². The maximum atomic E-state index is 12.1. The Morgan fingerprint density at radius 1 is 0.882 bits per heavy atom. The summed E-state index contributed by atoms with van der Waals surface area (Å²) in [5, 5.41) is 1.04. The van der Waals surface area contributed by atoms with E-state index in [0.29, 0.717) is 14.9 Å². The summed E-state index contributed by atoms with van der Waals surface area (Å²) in [6.07, 6.45) is 0. The number of benzene rings is 2. The zero-order chi connectivity index (χ0) is 12.3. The van der Waals surface area contributed by atoms with Gasteiger partial charge in [0.1, 0.15) is 9.83 Å². The van der Waals surface area contributed by atoms with Crippen LogP contribution in [0.2, 0.25) is 10.0 Å². The van der Waals surface area contributed by atoms with Crippen molar-refractivity contribution in [3.63, 3.8) is 0 Å². The van der Waals surface area contributed by atoms with Crippen molar-refractivity contribution in [3.05, 3.63) is 58.6 Å². The van der Waals surface area contributed by atoms with Gasteiger partial charge in [-0.05, 0) is 35.1 Å². The van der Waals surface area contributed by atoms with Crippen LogP contribution in [0.3, 0.4) is 0 Å². The largest absolute Gasteiger partial charge is 0.242 e. The molecule has 0 amide bonds. The molecular weight excluding hydrogens is 295 g/mol. The average molecular weight is 303 g/mol. The lowest BCUT2D eigenvalue weighted by Crippen LogP contribution is -1.86. The molecule has 1 atom stereocenters. The summed E-state index contributed by atoms with van der Waals surface area (Å²) in [5.74, 6) is 0. The SMILES string of the molecule is O=S(Sc1c(Cl)cccc1Cl)c1ccccc1. The first kappa shape index (κ1) is 13.0. The third-order valence-electron chi connectivity index (χ3n) is 2.01. The minimum atomic E-state index is -1.21. The van der Waals surface area contributed by atoms with Gasteiger partial charge in [-0.1, -0.05) is 47.5 Å². The van der Waals surface area contributed by atoms with Crippen LogP contribution in [-0.2, 0) is 9.83 Å². The van der Waals surface area contributed by atoms with Crippen molar-refractivity contribution in [1.82, 2.24) is 0 Å². The fourth-order valence-corrected chi connectivity index (χ4v) is 4.66. The number of rotatable bonds is 3. The molecule has 1 nitrogen and oxygen atoms in total. The molecule has 0 bridgehead atoms. The maximum absolute atomic E-state index is 12.1. The van der Waals surface area contributed by atoms with Crippen LogP contribution in [0.5, 0.6) is 0 Å². The fraction of sp³-hybridized carbons (Fsp3) is 0. The quantitative estimate of drug-likeness (QED) is 0.757. The van der Waals surface area contributed by atoms with E-state index in [1.807, 2.05) is 30.3 Å². The zero-order valence-corrected chi connectivity index (χ0v) is 11.7. The van der Waals surface area contributed by atoms with Crippen molar-refractivity contribution < 1.29 is 4.21 Å². The van der Waals surface area contributed by atoms with E-state index in [-0.39, 0.29) is 0 Å². The molecular formula is C12H8Cl2OS2. The van der Waals surface area contributed by atoms with Gasteiger partial charge in [0.2, 0.25) is 0 Å². The monoisotopic (exact) mass is 302 g/mol. The van der Waals surface area contributed by atoms with E-state index in [0.717, 1.165) is 15.7 Å². The van der Waals surface area contributed by atoms with Gasteiger partial charge in [0.25, 0.3) is 0 Å². The highest BCUT2D eigenvalue weighted by Gasteiger charge is 2.12. The highest BCUT2D eigenvalue weighted by molar-refractivity contribution is 8.69. The standard InChI is InChI=1S/C12H8Cl2OS2/c13-10-7-4-8-11(14)12(10)16-17(15)9-5-2-1-3-6-9/h1-8H. The number of halogens is 2. The summed E-state index contributed by atoms with van der Waals surface area (Å²) in [4.78, 5) is 1.39.